The van der Waals surface area contributed by atoms with Gasteiger partial charge in [0.05, 0.1) is 11.7 Å². The number of hydrogen-bond acceptors (Lipinski definition) is 4. The number of hydrogen-bond donors (Lipinski definition) is 2. The summed E-state index contributed by atoms with van der Waals surface area (Å²) in [5, 5.41) is 13.1. The number of benzene rings is 2. The minimum atomic E-state index is -0.922. The first kappa shape index (κ1) is 34.5. The zero-order valence-corrected chi connectivity index (χ0v) is 27.2. The van der Waals surface area contributed by atoms with E-state index in [1.165, 1.54) is 23.4 Å². The largest absolute Gasteiger partial charge is 0.478 e. The maximum atomic E-state index is 11.3. The van der Waals surface area contributed by atoms with E-state index in [-0.39, 0.29) is 6.04 Å². The summed E-state index contributed by atoms with van der Waals surface area (Å²) in [6.07, 6.45) is 4.21. The second-order valence-corrected chi connectivity index (χ2v) is 13.5. The van der Waals surface area contributed by atoms with Gasteiger partial charge < -0.3 is 15.3 Å². The van der Waals surface area contributed by atoms with Gasteiger partial charge in [0, 0.05) is 33.4 Å². The Balaban J connectivity index is 0.000000924. The number of anilines is 2. The molecule has 4 nitrogen and oxygen atoms in total. The average molecular weight is 579 g/mol. The Morgan fingerprint density at radius 2 is 1.79 bits per heavy atom. The first-order valence-corrected chi connectivity index (χ1v) is 16.7. The fourth-order valence-corrected chi connectivity index (χ4v) is 7.52. The number of carboxylic acid groups (broad SMARTS) is 1. The normalized spacial score (nSPS) is 16.7. The molecular weight excluding hydrogens is 531 g/mol. The van der Waals surface area contributed by atoms with E-state index in [9.17, 15) is 9.90 Å². The molecule has 0 fully saturated rings. The molecule has 0 bridgehead atoms. The SMILES string of the molecule is CC.CCC(C)C.CNC(/C=C(\C)C(=O)O)c1cc2c(cc1Cl)N(c1ccccc1)CC(CC(C)C)PS2. The predicted octanol–water partition coefficient (Wildman–Crippen LogP) is 9.96. The number of rotatable bonds is 8. The number of carboxylic acids is 1. The summed E-state index contributed by atoms with van der Waals surface area (Å²) in [6, 6.07) is 14.4. The molecule has 0 saturated heterocycles. The highest BCUT2D eigenvalue weighted by molar-refractivity contribution is 8.49. The minimum absolute atomic E-state index is 0.266. The monoisotopic (exact) mass is 578 g/mol. The van der Waals surface area contributed by atoms with E-state index in [4.69, 9.17) is 11.6 Å². The van der Waals surface area contributed by atoms with Crippen LogP contribution < -0.4 is 10.2 Å². The van der Waals surface area contributed by atoms with Crippen molar-refractivity contribution in [1.82, 2.24) is 5.32 Å². The van der Waals surface area contributed by atoms with Gasteiger partial charge in [-0.2, -0.15) is 0 Å². The van der Waals surface area contributed by atoms with Crippen molar-refractivity contribution in [1.29, 1.82) is 0 Å². The van der Waals surface area contributed by atoms with Crippen molar-refractivity contribution in [3.8, 4) is 0 Å². The van der Waals surface area contributed by atoms with Crippen LogP contribution in [0.15, 0.2) is 59.0 Å². The van der Waals surface area contributed by atoms with Crippen molar-refractivity contribution in [2.45, 2.75) is 84.8 Å². The van der Waals surface area contributed by atoms with Crippen LogP contribution in [0, 0.1) is 11.8 Å². The quantitative estimate of drug-likeness (QED) is 0.241. The van der Waals surface area contributed by atoms with Gasteiger partial charge in [-0.15, -0.1) is 0 Å². The number of carbonyl (C=O) groups is 1. The Morgan fingerprint density at radius 3 is 2.29 bits per heavy atom. The van der Waals surface area contributed by atoms with Gasteiger partial charge in [-0.3, -0.25) is 0 Å². The molecule has 1 heterocycles. The van der Waals surface area contributed by atoms with Gasteiger partial charge >= 0.3 is 5.97 Å². The minimum Gasteiger partial charge on any atom is -0.478 e. The Morgan fingerprint density at radius 1 is 1.18 bits per heavy atom. The van der Waals surface area contributed by atoms with Crippen molar-refractivity contribution in [3.05, 3.63) is 64.7 Å². The van der Waals surface area contributed by atoms with Gasteiger partial charge in [-0.1, -0.05) is 110 Å². The highest BCUT2D eigenvalue weighted by Crippen LogP contribution is 2.52. The van der Waals surface area contributed by atoms with E-state index < -0.39 is 5.97 Å². The number of fused-ring (bicyclic) bond motifs is 1. The molecule has 1 aliphatic heterocycles. The van der Waals surface area contributed by atoms with Crippen LogP contribution in [0.4, 0.5) is 11.4 Å². The molecule has 212 valence electrons. The van der Waals surface area contributed by atoms with Crippen LogP contribution in [0.5, 0.6) is 0 Å². The van der Waals surface area contributed by atoms with Crippen molar-refractivity contribution in [3.63, 3.8) is 0 Å². The molecule has 2 aromatic rings. The van der Waals surface area contributed by atoms with Crippen molar-refractivity contribution in [2.75, 3.05) is 18.5 Å². The fraction of sp³-hybridized carbons (Fsp3) is 0.516. The molecule has 0 radical (unpaired) electrons. The molecule has 0 saturated carbocycles. The molecule has 1 aliphatic rings. The van der Waals surface area contributed by atoms with Crippen LogP contribution in [0.3, 0.4) is 0 Å². The Bertz CT molecular complexity index is 1010. The molecule has 3 rings (SSSR count). The van der Waals surface area contributed by atoms with Gasteiger partial charge in [-0.05, 0) is 62.1 Å². The lowest BCUT2D eigenvalue weighted by molar-refractivity contribution is -0.132. The Hall–Kier alpha value is -1.52. The lowest BCUT2D eigenvalue weighted by Crippen LogP contribution is -2.26. The molecule has 3 unspecified atom stereocenters. The summed E-state index contributed by atoms with van der Waals surface area (Å²) in [4.78, 5) is 14.9. The molecule has 0 aromatic heterocycles. The highest BCUT2D eigenvalue weighted by Gasteiger charge is 2.26. The van der Waals surface area contributed by atoms with Gasteiger partial charge in [0.25, 0.3) is 0 Å². The number of para-hydroxylation sites is 1. The summed E-state index contributed by atoms with van der Waals surface area (Å²) >= 11 is 8.67. The molecule has 38 heavy (non-hydrogen) atoms. The number of nitrogens with one attached hydrogen (secondary N) is 1. The second-order valence-electron chi connectivity index (χ2n) is 10.1. The van der Waals surface area contributed by atoms with Crippen LogP contribution in [-0.4, -0.2) is 30.3 Å². The topological polar surface area (TPSA) is 52.6 Å². The van der Waals surface area contributed by atoms with E-state index in [0.29, 0.717) is 22.2 Å². The number of aliphatic carboxylic acids is 1. The van der Waals surface area contributed by atoms with E-state index in [1.807, 2.05) is 44.4 Å². The van der Waals surface area contributed by atoms with Gasteiger partial charge in [0.15, 0.2) is 0 Å². The van der Waals surface area contributed by atoms with E-state index >= 15 is 0 Å². The van der Waals surface area contributed by atoms with Gasteiger partial charge in [-0.25, -0.2) is 4.79 Å². The van der Waals surface area contributed by atoms with Crippen molar-refractivity contribution >= 4 is 48.1 Å². The van der Waals surface area contributed by atoms with Crippen LogP contribution in [0.1, 0.15) is 79.8 Å². The maximum absolute atomic E-state index is 11.3. The molecule has 3 atom stereocenters. The zero-order valence-electron chi connectivity index (χ0n) is 24.6. The molecule has 7 heteroatoms. The third-order valence-electron chi connectivity index (χ3n) is 6.15. The summed E-state index contributed by atoms with van der Waals surface area (Å²) in [7, 11) is 2.58. The molecule has 0 spiro atoms. The number of likely N-dealkylation sites (N-methyl/N-ethyl adjacent to an activating group) is 1. The maximum Gasteiger partial charge on any atom is 0.331 e. The molecule has 0 amide bonds. The molecular formula is C31H48ClN2O2PS. The van der Waals surface area contributed by atoms with E-state index in [1.54, 1.807) is 13.0 Å². The predicted molar refractivity (Wildman–Crippen MR) is 172 cm³/mol. The van der Waals surface area contributed by atoms with Crippen LogP contribution >= 0.6 is 30.8 Å². The smallest absolute Gasteiger partial charge is 0.331 e. The highest BCUT2D eigenvalue weighted by atomic mass is 35.5. The van der Waals surface area contributed by atoms with Gasteiger partial charge in [0.2, 0.25) is 0 Å². The molecule has 2 N–H and O–H groups in total. The standard InChI is InChI=1S/C24H30ClN2O2PS.C5H12.C2H6/c1-15(2)10-18-14-27(17-8-6-5-7-9-17)22-13-20(25)19(12-23(22)31-30-18)21(26-4)11-16(3)24(28)29;1-4-5(2)3;1-2/h5-9,11-13,15,18,21,26,30H,10,14H2,1-4H3,(H,28,29);5H,4H2,1-3H3;1-2H3/b16-11+;;. The second kappa shape index (κ2) is 17.9. The number of nitrogens with zero attached hydrogens (tertiary/aromatic N) is 1. The van der Waals surface area contributed by atoms with E-state index in [0.717, 1.165) is 31.5 Å². The number of halogens is 1. The van der Waals surface area contributed by atoms with Crippen molar-refractivity contribution in [2.24, 2.45) is 11.8 Å². The summed E-state index contributed by atoms with van der Waals surface area (Å²) < 4.78 is 0. The summed E-state index contributed by atoms with van der Waals surface area (Å²) in [5.41, 5.74) is 4.07. The van der Waals surface area contributed by atoms with Crippen LogP contribution in [0.2, 0.25) is 5.02 Å². The van der Waals surface area contributed by atoms with E-state index in [2.05, 4.69) is 75.2 Å². The lowest BCUT2D eigenvalue weighted by atomic mass is 10.0. The molecule has 2 aromatic carbocycles. The molecule has 0 aliphatic carbocycles. The summed E-state index contributed by atoms with van der Waals surface area (Å²) in [6.45, 7) is 17.8. The third-order valence-corrected chi connectivity index (χ3v) is 9.90. The fourth-order valence-electron chi connectivity index (χ4n) is 3.79. The van der Waals surface area contributed by atoms with Crippen molar-refractivity contribution < 1.29 is 9.90 Å². The Kier molecular flexibility index (Phi) is 16.3. The Labute approximate surface area is 242 Å². The zero-order chi connectivity index (χ0) is 28.8. The van der Waals surface area contributed by atoms with Gasteiger partial charge in [0.1, 0.15) is 0 Å². The summed E-state index contributed by atoms with van der Waals surface area (Å²) in [5.74, 6) is 0.609. The first-order chi connectivity index (χ1) is 18.1. The average Bonchev–Trinajstić information content (AvgIpc) is 3.07. The van der Waals surface area contributed by atoms with Crippen LogP contribution in [-0.2, 0) is 4.79 Å². The first-order valence-electron chi connectivity index (χ1n) is 13.7. The third kappa shape index (κ3) is 10.9. The van der Waals surface area contributed by atoms with Crippen LogP contribution in [0.25, 0.3) is 0 Å². The lowest BCUT2D eigenvalue weighted by Gasteiger charge is -2.29.